The quantitative estimate of drug-likeness (QED) is 0.367. The average molecular weight is 401 g/mol. The Morgan fingerprint density at radius 1 is 0.800 bits per heavy atom. The molecule has 1 aromatic heterocycles. The number of benzene rings is 3. The molecule has 1 heterocycles. The molecule has 0 fully saturated rings. The molecule has 8 nitrogen and oxygen atoms in total. The predicted molar refractivity (Wildman–Crippen MR) is 112 cm³/mol. The van der Waals surface area contributed by atoms with E-state index in [1.54, 1.807) is 24.3 Å². The first kappa shape index (κ1) is 18.9. The summed E-state index contributed by atoms with van der Waals surface area (Å²) >= 11 is 0. The molecule has 0 unspecified atom stereocenters. The number of nitrogens with zero attached hydrogens (tertiary/aromatic N) is 1. The first-order valence-electron chi connectivity index (χ1n) is 8.96. The lowest BCUT2D eigenvalue weighted by molar-refractivity contribution is -0.402. The molecule has 0 bridgehead atoms. The molecule has 2 amide bonds. The summed E-state index contributed by atoms with van der Waals surface area (Å²) in [5, 5.41) is 18.1. The molecule has 0 saturated heterocycles. The maximum Gasteiger partial charge on any atom is 0.433 e. The molecule has 3 aromatic carbocycles. The molecule has 0 radical (unpaired) electrons. The zero-order chi connectivity index (χ0) is 21.1. The zero-order valence-corrected chi connectivity index (χ0v) is 15.5. The molecule has 8 heteroatoms. The maximum atomic E-state index is 12.6. The number of carbonyl (C=O) groups excluding carboxylic acids is 2. The number of hydrogen-bond acceptors (Lipinski definition) is 5. The summed E-state index contributed by atoms with van der Waals surface area (Å²) < 4.78 is 4.87. The lowest BCUT2D eigenvalue weighted by Crippen LogP contribution is -2.13. The third kappa shape index (κ3) is 3.88. The first-order chi connectivity index (χ1) is 14.5. The van der Waals surface area contributed by atoms with Gasteiger partial charge in [-0.25, -0.2) is 0 Å². The van der Waals surface area contributed by atoms with Crippen molar-refractivity contribution in [3.05, 3.63) is 100 Å². The smallest absolute Gasteiger partial charge is 0.395 e. The van der Waals surface area contributed by atoms with E-state index < -0.39 is 16.7 Å². The van der Waals surface area contributed by atoms with Gasteiger partial charge in [-0.15, -0.1) is 0 Å². The predicted octanol–water partition coefficient (Wildman–Crippen LogP) is 4.85. The van der Waals surface area contributed by atoms with E-state index in [1.165, 1.54) is 6.07 Å². The van der Waals surface area contributed by atoms with Crippen LogP contribution in [0, 0.1) is 10.1 Å². The van der Waals surface area contributed by atoms with Crippen LogP contribution in [0.5, 0.6) is 0 Å². The second kappa shape index (κ2) is 7.88. The minimum Gasteiger partial charge on any atom is -0.395 e. The normalized spacial score (nSPS) is 10.5. The molecule has 4 rings (SSSR count). The van der Waals surface area contributed by atoms with Gasteiger partial charge in [-0.2, -0.15) is 0 Å². The van der Waals surface area contributed by atoms with Gasteiger partial charge in [-0.3, -0.25) is 19.7 Å². The number of fused-ring (bicyclic) bond motifs is 1. The molecule has 0 aliphatic heterocycles. The van der Waals surface area contributed by atoms with Crippen LogP contribution in [0.2, 0.25) is 0 Å². The van der Waals surface area contributed by atoms with Crippen molar-refractivity contribution in [2.75, 3.05) is 10.6 Å². The molecule has 0 aliphatic rings. The molecule has 4 aromatic rings. The highest BCUT2D eigenvalue weighted by molar-refractivity contribution is 6.09. The van der Waals surface area contributed by atoms with Gasteiger partial charge in [-0.1, -0.05) is 36.4 Å². The Balaban J connectivity index is 1.45. The van der Waals surface area contributed by atoms with E-state index in [9.17, 15) is 19.7 Å². The SMILES string of the molecule is O=C(Nc1cccc2ccccc12)c1ccc(NC(=O)c2ccc([N+](=O)[O-])o2)cc1. The van der Waals surface area contributed by atoms with Gasteiger partial charge in [0.1, 0.15) is 4.92 Å². The second-order valence-corrected chi connectivity index (χ2v) is 6.41. The molecule has 0 saturated carbocycles. The fourth-order valence-electron chi connectivity index (χ4n) is 2.97. The Bertz CT molecular complexity index is 1260. The van der Waals surface area contributed by atoms with Crippen LogP contribution < -0.4 is 10.6 Å². The Morgan fingerprint density at radius 3 is 2.27 bits per heavy atom. The summed E-state index contributed by atoms with van der Waals surface area (Å²) in [4.78, 5) is 34.6. The maximum absolute atomic E-state index is 12.6. The number of anilines is 2. The van der Waals surface area contributed by atoms with Crippen molar-refractivity contribution in [1.29, 1.82) is 0 Å². The van der Waals surface area contributed by atoms with Crippen molar-refractivity contribution < 1.29 is 18.9 Å². The van der Waals surface area contributed by atoms with Gasteiger partial charge in [0.2, 0.25) is 0 Å². The van der Waals surface area contributed by atoms with Crippen LogP contribution in [-0.2, 0) is 0 Å². The first-order valence-corrected chi connectivity index (χ1v) is 8.96. The minimum atomic E-state index is -0.722. The van der Waals surface area contributed by atoms with E-state index in [1.807, 2.05) is 42.5 Å². The van der Waals surface area contributed by atoms with Crippen LogP contribution in [0.25, 0.3) is 10.8 Å². The summed E-state index contributed by atoms with van der Waals surface area (Å²) in [6.45, 7) is 0. The fraction of sp³-hybridized carbons (Fsp3) is 0. The Labute approximate surface area is 170 Å². The van der Waals surface area contributed by atoms with Crippen LogP contribution >= 0.6 is 0 Å². The summed E-state index contributed by atoms with van der Waals surface area (Å²) in [6.07, 6.45) is 0. The average Bonchev–Trinajstić information content (AvgIpc) is 3.25. The van der Waals surface area contributed by atoms with Crippen molar-refractivity contribution in [1.82, 2.24) is 0 Å². The van der Waals surface area contributed by atoms with Crippen LogP contribution in [0.3, 0.4) is 0 Å². The largest absolute Gasteiger partial charge is 0.433 e. The van der Waals surface area contributed by atoms with Crippen molar-refractivity contribution in [3.8, 4) is 0 Å². The monoisotopic (exact) mass is 401 g/mol. The molecular weight excluding hydrogens is 386 g/mol. The highest BCUT2D eigenvalue weighted by Gasteiger charge is 2.17. The van der Waals surface area contributed by atoms with E-state index in [0.29, 0.717) is 16.9 Å². The van der Waals surface area contributed by atoms with Gasteiger partial charge in [0.05, 0.1) is 6.07 Å². The van der Waals surface area contributed by atoms with Crippen LogP contribution in [0.4, 0.5) is 17.3 Å². The lowest BCUT2D eigenvalue weighted by atomic mass is 10.1. The van der Waals surface area contributed by atoms with Crippen LogP contribution in [-0.4, -0.2) is 16.7 Å². The summed E-state index contributed by atoms with van der Waals surface area (Å²) in [5.41, 5.74) is 1.53. The van der Waals surface area contributed by atoms with Crippen LogP contribution in [0.1, 0.15) is 20.9 Å². The van der Waals surface area contributed by atoms with Gasteiger partial charge in [-0.05, 0) is 41.8 Å². The van der Waals surface area contributed by atoms with E-state index in [-0.39, 0.29) is 11.7 Å². The highest BCUT2D eigenvalue weighted by atomic mass is 16.6. The lowest BCUT2D eigenvalue weighted by Gasteiger charge is -2.09. The van der Waals surface area contributed by atoms with Crippen molar-refractivity contribution >= 4 is 39.8 Å². The van der Waals surface area contributed by atoms with Crippen molar-refractivity contribution in [2.24, 2.45) is 0 Å². The van der Waals surface area contributed by atoms with Crippen molar-refractivity contribution in [3.63, 3.8) is 0 Å². The third-order valence-electron chi connectivity index (χ3n) is 4.44. The van der Waals surface area contributed by atoms with Crippen LogP contribution in [0.15, 0.2) is 83.3 Å². The molecule has 148 valence electrons. The van der Waals surface area contributed by atoms with E-state index >= 15 is 0 Å². The van der Waals surface area contributed by atoms with Gasteiger partial charge < -0.3 is 15.1 Å². The second-order valence-electron chi connectivity index (χ2n) is 6.41. The number of amides is 2. The molecule has 2 N–H and O–H groups in total. The van der Waals surface area contributed by atoms with Gasteiger partial charge in [0, 0.05) is 22.3 Å². The Morgan fingerprint density at radius 2 is 1.53 bits per heavy atom. The number of hydrogen-bond donors (Lipinski definition) is 2. The molecule has 0 aliphatic carbocycles. The third-order valence-corrected chi connectivity index (χ3v) is 4.44. The molecule has 0 atom stereocenters. The van der Waals surface area contributed by atoms with Gasteiger partial charge in [0.15, 0.2) is 5.76 Å². The van der Waals surface area contributed by atoms with Gasteiger partial charge >= 0.3 is 5.88 Å². The summed E-state index contributed by atoms with van der Waals surface area (Å²) in [6, 6.07) is 22.0. The van der Waals surface area contributed by atoms with Gasteiger partial charge in [0.25, 0.3) is 11.8 Å². The topological polar surface area (TPSA) is 114 Å². The van der Waals surface area contributed by atoms with E-state index in [0.717, 1.165) is 16.8 Å². The standard InChI is InChI=1S/C22H15N3O5/c26-21(24-18-7-3-5-14-4-1-2-6-17(14)18)15-8-10-16(11-9-15)23-22(27)19-12-13-20(30-19)25(28)29/h1-13H,(H,23,27)(H,24,26). The summed E-state index contributed by atoms with van der Waals surface area (Å²) in [7, 11) is 0. The number of furan rings is 1. The fourth-order valence-corrected chi connectivity index (χ4v) is 2.97. The Kier molecular flexibility index (Phi) is 4.96. The number of nitrogens with one attached hydrogen (secondary N) is 2. The molecular formula is C22H15N3O5. The molecule has 0 spiro atoms. The highest BCUT2D eigenvalue weighted by Crippen LogP contribution is 2.24. The zero-order valence-electron chi connectivity index (χ0n) is 15.5. The minimum absolute atomic E-state index is 0.181. The summed E-state index contributed by atoms with van der Waals surface area (Å²) in [5.74, 6) is -1.61. The van der Waals surface area contributed by atoms with E-state index in [2.05, 4.69) is 10.6 Å². The number of carbonyl (C=O) groups is 2. The van der Waals surface area contributed by atoms with E-state index in [4.69, 9.17) is 4.42 Å². The number of rotatable bonds is 5. The Hall–Kier alpha value is -4.46. The number of nitro groups is 1. The van der Waals surface area contributed by atoms with Crippen molar-refractivity contribution in [2.45, 2.75) is 0 Å². The molecule has 30 heavy (non-hydrogen) atoms.